The zero-order valence-corrected chi connectivity index (χ0v) is 20.1. The van der Waals surface area contributed by atoms with Gasteiger partial charge in [0, 0.05) is 57.6 Å². The van der Waals surface area contributed by atoms with Crippen LogP contribution in [0.2, 0.25) is 0 Å². The van der Waals surface area contributed by atoms with Gasteiger partial charge in [-0.2, -0.15) is 0 Å². The largest absolute Gasteiger partial charge is 0.419 e. The second-order valence-electron chi connectivity index (χ2n) is 9.05. The van der Waals surface area contributed by atoms with Crippen LogP contribution in [0.1, 0.15) is 25.7 Å². The van der Waals surface area contributed by atoms with E-state index in [1.54, 1.807) is 10.6 Å². The third-order valence-electron chi connectivity index (χ3n) is 6.81. The minimum atomic E-state index is -1.20. The number of rotatable bonds is 8. The standard InChI is InChI=1S/C25H31FN4O3S/c26-20-5-7-21(8-6-20)28-17-15-27(16-18-28)11-1-4-14-30-23-10-9-22(19-24(23)33-25(30)31)34(32)29-12-2-3-13-29/h5-10,19H,1-4,11-18H2. The number of hydrogen-bond donors (Lipinski definition) is 0. The molecule has 0 spiro atoms. The van der Waals surface area contributed by atoms with Crippen LogP contribution < -0.4 is 10.7 Å². The van der Waals surface area contributed by atoms with Crippen LogP contribution in [0.3, 0.4) is 0 Å². The minimum Gasteiger partial charge on any atom is -0.408 e. The third kappa shape index (κ3) is 5.11. The first-order valence-corrected chi connectivity index (χ1v) is 13.2. The van der Waals surface area contributed by atoms with Crippen molar-refractivity contribution in [2.75, 3.05) is 50.7 Å². The first-order valence-electron chi connectivity index (χ1n) is 12.1. The molecule has 0 saturated carbocycles. The molecule has 9 heteroatoms. The number of anilines is 1. The zero-order valence-electron chi connectivity index (χ0n) is 19.3. The third-order valence-corrected chi connectivity index (χ3v) is 8.30. The van der Waals surface area contributed by atoms with Gasteiger partial charge in [-0.25, -0.2) is 17.7 Å². The van der Waals surface area contributed by atoms with E-state index in [0.717, 1.165) is 82.7 Å². The van der Waals surface area contributed by atoms with E-state index in [4.69, 9.17) is 4.42 Å². The molecule has 5 rings (SSSR count). The summed E-state index contributed by atoms with van der Waals surface area (Å²) in [5.74, 6) is -0.559. The summed E-state index contributed by atoms with van der Waals surface area (Å²) in [7, 11) is -1.20. The number of hydrogen-bond acceptors (Lipinski definition) is 5. The average Bonchev–Trinajstić information content (AvgIpc) is 3.50. The highest BCUT2D eigenvalue weighted by atomic mass is 32.2. The normalized spacial score (nSPS) is 18.7. The van der Waals surface area contributed by atoms with Gasteiger partial charge in [0.25, 0.3) is 0 Å². The number of unbranched alkanes of at least 4 members (excludes halogenated alkanes) is 1. The van der Waals surface area contributed by atoms with E-state index in [-0.39, 0.29) is 11.6 Å². The summed E-state index contributed by atoms with van der Waals surface area (Å²) in [5, 5.41) is 0. The van der Waals surface area contributed by atoms with Crippen molar-refractivity contribution in [1.82, 2.24) is 13.8 Å². The summed E-state index contributed by atoms with van der Waals surface area (Å²) in [6.07, 6.45) is 4.02. The van der Waals surface area contributed by atoms with Crippen molar-refractivity contribution in [1.29, 1.82) is 0 Å². The van der Waals surface area contributed by atoms with Crippen LogP contribution in [0, 0.1) is 5.82 Å². The molecule has 0 amide bonds. The van der Waals surface area contributed by atoms with Gasteiger partial charge in [-0.3, -0.25) is 9.47 Å². The second kappa shape index (κ2) is 10.4. The molecule has 34 heavy (non-hydrogen) atoms. The zero-order chi connectivity index (χ0) is 23.5. The van der Waals surface area contributed by atoms with Crippen LogP contribution in [-0.4, -0.2) is 63.8 Å². The number of halogens is 1. The molecule has 0 bridgehead atoms. The maximum Gasteiger partial charge on any atom is 0.419 e. The lowest BCUT2D eigenvalue weighted by Gasteiger charge is -2.36. The van der Waals surface area contributed by atoms with Crippen molar-refractivity contribution in [2.24, 2.45) is 0 Å². The average molecular weight is 487 g/mol. The van der Waals surface area contributed by atoms with E-state index in [2.05, 4.69) is 9.80 Å². The quantitative estimate of drug-likeness (QED) is 0.457. The van der Waals surface area contributed by atoms with Crippen molar-refractivity contribution in [3.05, 3.63) is 58.8 Å². The van der Waals surface area contributed by atoms with Gasteiger partial charge in [-0.15, -0.1) is 0 Å². The Hall–Kier alpha value is -2.49. The SMILES string of the molecule is O=c1oc2cc(S(=O)N3CCCC3)ccc2n1CCCCN1CCN(c2ccc(F)cc2)CC1. The molecule has 1 unspecified atom stereocenters. The summed E-state index contributed by atoms with van der Waals surface area (Å²) in [5.41, 5.74) is 2.34. The van der Waals surface area contributed by atoms with Crippen LogP contribution in [-0.2, 0) is 17.5 Å². The Bertz CT molecular complexity index is 1200. The van der Waals surface area contributed by atoms with Gasteiger partial charge in [-0.1, -0.05) is 0 Å². The summed E-state index contributed by atoms with van der Waals surface area (Å²) in [6, 6.07) is 12.2. The van der Waals surface area contributed by atoms with Crippen molar-refractivity contribution in [3.8, 4) is 0 Å². The van der Waals surface area contributed by atoms with E-state index in [1.807, 2.05) is 28.6 Å². The number of aromatic nitrogens is 1. The minimum absolute atomic E-state index is 0.204. The predicted octanol–water partition coefficient (Wildman–Crippen LogP) is 3.45. The number of aryl methyl sites for hydroxylation is 1. The van der Waals surface area contributed by atoms with E-state index < -0.39 is 11.0 Å². The maximum atomic E-state index is 13.1. The lowest BCUT2D eigenvalue weighted by molar-refractivity contribution is 0.251. The Balaban J connectivity index is 1.11. The molecule has 2 aliphatic heterocycles. The van der Waals surface area contributed by atoms with Crippen molar-refractivity contribution in [2.45, 2.75) is 37.1 Å². The fourth-order valence-electron chi connectivity index (χ4n) is 4.86. The van der Waals surface area contributed by atoms with Crippen LogP contribution in [0.25, 0.3) is 11.1 Å². The predicted molar refractivity (Wildman–Crippen MR) is 132 cm³/mol. The molecule has 2 saturated heterocycles. The molecule has 3 aromatic rings. The van der Waals surface area contributed by atoms with Gasteiger partial charge < -0.3 is 9.32 Å². The topological polar surface area (TPSA) is 61.9 Å². The fraction of sp³-hybridized carbons (Fsp3) is 0.480. The lowest BCUT2D eigenvalue weighted by atomic mass is 10.2. The van der Waals surface area contributed by atoms with E-state index in [1.165, 1.54) is 12.1 Å². The number of nitrogens with zero attached hydrogens (tertiary/aromatic N) is 4. The first-order chi connectivity index (χ1) is 16.6. The molecule has 0 N–H and O–H groups in total. The number of fused-ring (bicyclic) bond motifs is 1. The van der Waals surface area contributed by atoms with Crippen molar-refractivity contribution in [3.63, 3.8) is 0 Å². The Morgan fingerprint density at radius 3 is 2.32 bits per heavy atom. The highest BCUT2D eigenvalue weighted by Gasteiger charge is 2.21. The van der Waals surface area contributed by atoms with Gasteiger partial charge in [-0.05, 0) is 68.6 Å². The monoisotopic (exact) mass is 486 g/mol. The molecule has 3 heterocycles. The van der Waals surface area contributed by atoms with Crippen LogP contribution in [0.4, 0.5) is 10.1 Å². The Morgan fingerprint density at radius 2 is 1.59 bits per heavy atom. The Kier molecular flexibility index (Phi) is 7.12. The molecule has 2 aliphatic rings. The molecular weight excluding hydrogens is 455 g/mol. The number of piperazine rings is 1. The summed E-state index contributed by atoms with van der Waals surface area (Å²) in [4.78, 5) is 17.9. The maximum absolute atomic E-state index is 13.1. The molecular formula is C25H31FN4O3S. The molecule has 1 aromatic heterocycles. The Morgan fingerprint density at radius 1 is 0.882 bits per heavy atom. The number of benzene rings is 2. The molecule has 2 fully saturated rings. The highest BCUT2D eigenvalue weighted by molar-refractivity contribution is 7.82. The summed E-state index contributed by atoms with van der Waals surface area (Å²) >= 11 is 0. The van der Waals surface area contributed by atoms with Gasteiger partial charge in [0.05, 0.1) is 10.4 Å². The lowest BCUT2D eigenvalue weighted by Crippen LogP contribution is -2.46. The molecule has 7 nitrogen and oxygen atoms in total. The number of oxazole rings is 1. The van der Waals surface area contributed by atoms with Crippen molar-refractivity contribution >= 4 is 27.8 Å². The fourth-order valence-corrected chi connectivity index (χ4v) is 6.14. The van der Waals surface area contributed by atoms with E-state index in [0.29, 0.717) is 17.0 Å². The highest BCUT2D eigenvalue weighted by Crippen LogP contribution is 2.22. The van der Waals surface area contributed by atoms with E-state index in [9.17, 15) is 13.4 Å². The first kappa shape index (κ1) is 23.3. The molecule has 182 valence electrons. The summed E-state index contributed by atoms with van der Waals surface area (Å²) in [6.45, 7) is 7.09. The van der Waals surface area contributed by atoms with Gasteiger partial charge in [0.15, 0.2) is 5.58 Å². The molecule has 2 aromatic carbocycles. The van der Waals surface area contributed by atoms with Crippen LogP contribution in [0.5, 0.6) is 0 Å². The Labute approximate surface area is 201 Å². The van der Waals surface area contributed by atoms with Gasteiger partial charge in [0.1, 0.15) is 16.8 Å². The van der Waals surface area contributed by atoms with Gasteiger partial charge >= 0.3 is 5.76 Å². The smallest absolute Gasteiger partial charge is 0.408 e. The second-order valence-corrected chi connectivity index (χ2v) is 10.5. The van der Waals surface area contributed by atoms with Crippen LogP contribution >= 0.6 is 0 Å². The molecule has 0 radical (unpaired) electrons. The van der Waals surface area contributed by atoms with Gasteiger partial charge in [0.2, 0.25) is 0 Å². The van der Waals surface area contributed by atoms with Crippen molar-refractivity contribution < 1.29 is 13.0 Å². The molecule has 1 atom stereocenters. The summed E-state index contributed by atoms with van der Waals surface area (Å²) < 4.78 is 35.0. The van der Waals surface area contributed by atoms with E-state index >= 15 is 0 Å². The molecule has 0 aliphatic carbocycles. The van der Waals surface area contributed by atoms with Crippen LogP contribution in [0.15, 0.2) is 56.6 Å².